The van der Waals surface area contributed by atoms with E-state index in [0.29, 0.717) is 17.9 Å². The zero-order valence-electron chi connectivity index (χ0n) is 10.9. The number of rotatable bonds is 4. The fourth-order valence-corrected chi connectivity index (χ4v) is 1.97. The van der Waals surface area contributed by atoms with E-state index in [0.717, 1.165) is 25.9 Å². The van der Waals surface area contributed by atoms with Crippen molar-refractivity contribution in [2.24, 2.45) is 5.41 Å². The molecule has 3 heteroatoms. The van der Waals surface area contributed by atoms with Gasteiger partial charge in [-0.1, -0.05) is 27.2 Å². The Morgan fingerprint density at radius 2 is 2.12 bits per heavy atom. The second-order valence-electron chi connectivity index (χ2n) is 6.01. The van der Waals surface area contributed by atoms with Crippen LogP contribution in [-0.2, 0) is 4.79 Å². The van der Waals surface area contributed by atoms with Crippen LogP contribution in [0.1, 0.15) is 52.9 Å². The first-order valence-corrected chi connectivity index (χ1v) is 6.47. The van der Waals surface area contributed by atoms with Gasteiger partial charge < -0.3 is 10.6 Å². The lowest BCUT2D eigenvalue weighted by atomic mass is 9.92. The van der Waals surface area contributed by atoms with Crippen LogP contribution in [-0.4, -0.2) is 25.0 Å². The number of hydrogen-bond donors (Lipinski definition) is 2. The van der Waals surface area contributed by atoms with E-state index in [1.807, 2.05) is 0 Å². The third kappa shape index (κ3) is 6.11. The standard InChI is InChI=1S/C13H26N2O/c1-13(2,3)7-9-15-12(16)10-11-6-4-5-8-14-11/h11,14H,4-10H2,1-3H3,(H,15,16). The molecule has 2 N–H and O–H groups in total. The zero-order chi connectivity index (χ0) is 12.0. The van der Waals surface area contributed by atoms with Crippen LogP contribution in [0.5, 0.6) is 0 Å². The third-order valence-corrected chi connectivity index (χ3v) is 3.04. The first kappa shape index (κ1) is 13.5. The summed E-state index contributed by atoms with van der Waals surface area (Å²) in [4.78, 5) is 11.6. The topological polar surface area (TPSA) is 41.1 Å². The van der Waals surface area contributed by atoms with E-state index in [1.54, 1.807) is 0 Å². The fraction of sp³-hybridized carbons (Fsp3) is 0.923. The first-order valence-electron chi connectivity index (χ1n) is 6.47. The van der Waals surface area contributed by atoms with Gasteiger partial charge in [0.25, 0.3) is 0 Å². The molecule has 3 nitrogen and oxygen atoms in total. The lowest BCUT2D eigenvalue weighted by Gasteiger charge is -2.23. The smallest absolute Gasteiger partial charge is 0.221 e. The number of carbonyl (C=O) groups is 1. The van der Waals surface area contributed by atoms with Crippen LogP contribution in [0.15, 0.2) is 0 Å². The van der Waals surface area contributed by atoms with Crippen molar-refractivity contribution in [3.8, 4) is 0 Å². The Morgan fingerprint density at radius 3 is 2.69 bits per heavy atom. The minimum absolute atomic E-state index is 0.198. The quantitative estimate of drug-likeness (QED) is 0.770. The molecule has 0 aliphatic carbocycles. The van der Waals surface area contributed by atoms with Crippen LogP contribution in [0.25, 0.3) is 0 Å². The van der Waals surface area contributed by atoms with E-state index in [1.165, 1.54) is 12.8 Å². The third-order valence-electron chi connectivity index (χ3n) is 3.04. The molecular weight excluding hydrogens is 200 g/mol. The molecule has 0 radical (unpaired) electrons. The molecule has 0 aromatic heterocycles. The van der Waals surface area contributed by atoms with Crippen molar-refractivity contribution >= 4 is 5.91 Å². The maximum atomic E-state index is 11.6. The molecule has 1 heterocycles. The molecule has 0 bridgehead atoms. The molecule has 1 aliphatic rings. The average Bonchev–Trinajstić information content (AvgIpc) is 2.17. The number of amides is 1. The Kier molecular flexibility index (Phi) is 5.26. The number of carbonyl (C=O) groups excluding carboxylic acids is 1. The highest BCUT2D eigenvalue weighted by atomic mass is 16.1. The molecule has 1 rings (SSSR count). The van der Waals surface area contributed by atoms with Crippen LogP contribution in [0.3, 0.4) is 0 Å². The van der Waals surface area contributed by atoms with E-state index in [2.05, 4.69) is 31.4 Å². The lowest BCUT2D eigenvalue weighted by Crippen LogP contribution is -2.39. The van der Waals surface area contributed by atoms with Gasteiger partial charge in [0.2, 0.25) is 5.91 Å². The monoisotopic (exact) mass is 226 g/mol. The molecule has 0 aromatic carbocycles. The van der Waals surface area contributed by atoms with E-state index in [4.69, 9.17) is 0 Å². The molecule has 0 spiro atoms. The molecular formula is C13H26N2O. The van der Waals surface area contributed by atoms with Crippen molar-refractivity contribution in [2.45, 2.75) is 58.9 Å². The van der Waals surface area contributed by atoms with Crippen molar-refractivity contribution in [3.63, 3.8) is 0 Å². The molecule has 1 aliphatic heterocycles. The van der Waals surface area contributed by atoms with E-state index < -0.39 is 0 Å². The molecule has 0 saturated carbocycles. The Morgan fingerprint density at radius 1 is 1.38 bits per heavy atom. The zero-order valence-corrected chi connectivity index (χ0v) is 10.9. The normalized spacial score (nSPS) is 21.8. The summed E-state index contributed by atoms with van der Waals surface area (Å²) in [5, 5.41) is 6.40. The Balaban J connectivity index is 2.10. The van der Waals surface area contributed by atoms with Gasteiger partial charge in [0.15, 0.2) is 0 Å². The summed E-state index contributed by atoms with van der Waals surface area (Å²) in [5.74, 6) is 0.198. The van der Waals surface area contributed by atoms with Gasteiger partial charge in [-0.3, -0.25) is 4.79 Å². The highest BCUT2D eigenvalue weighted by Gasteiger charge is 2.16. The van der Waals surface area contributed by atoms with Gasteiger partial charge in [-0.05, 0) is 31.2 Å². The predicted octanol–water partition coefficient (Wildman–Crippen LogP) is 2.07. The summed E-state index contributed by atoms with van der Waals surface area (Å²) < 4.78 is 0. The second kappa shape index (κ2) is 6.24. The van der Waals surface area contributed by atoms with Crippen LogP contribution < -0.4 is 10.6 Å². The van der Waals surface area contributed by atoms with Gasteiger partial charge >= 0.3 is 0 Å². The van der Waals surface area contributed by atoms with E-state index >= 15 is 0 Å². The van der Waals surface area contributed by atoms with Gasteiger partial charge in [-0.25, -0.2) is 0 Å². The summed E-state index contributed by atoms with van der Waals surface area (Å²) in [6.07, 6.45) is 5.34. The molecule has 94 valence electrons. The van der Waals surface area contributed by atoms with Gasteiger partial charge in [-0.15, -0.1) is 0 Å². The fourth-order valence-electron chi connectivity index (χ4n) is 1.97. The Hall–Kier alpha value is -0.570. The van der Waals surface area contributed by atoms with Crippen molar-refractivity contribution in [1.82, 2.24) is 10.6 Å². The predicted molar refractivity (Wildman–Crippen MR) is 67.3 cm³/mol. The molecule has 1 amide bonds. The van der Waals surface area contributed by atoms with Crippen molar-refractivity contribution in [1.29, 1.82) is 0 Å². The average molecular weight is 226 g/mol. The number of hydrogen-bond acceptors (Lipinski definition) is 2. The van der Waals surface area contributed by atoms with E-state index in [-0.39, 0.29) is 5.91 Å². The van der Waals surface area contributed by atoms with Crippen molar-refractivity contribution in [3.05, 3.63) is 0 Å². The minimum Gasteiger partial charge on any atom is -0.356 e. The molecule has 1 unspecified atom stereocenters. The summed E-state index contributed by atoms with van der Waals surface area (Å²) in [6.45, 7) is 8.46. The molecule has 1 fully saturated rings. The lowest BCUT2D eigenvalue weighted by molar-refractivity contribution is -0.121. The van der Waals surface area contributed by atoms with Crippen molar-refractivity contribution < 1.29 is 4.79 Å². The van der Waals surface area contributed by atoms with Crippen LogP contribution in [0.4, 0.5) is 0 Å². The molecule has 1 atom stereocenters. The first-order chi connectivity index (χ1) is 7.47. The van der Waals surface area contributed by atoms with Crippen LogP contribution in [0.2, 0.25) is 0 Å². The van der Waals surface area contributed by atoms with Crippen LogP contribution >= 0.6 is 0 Å². The molecule has 0 aromatic rings. The maximum absolute atomic E-state index is 11.6. The highest BCUT2D eigenvalue weighted by molar-refractivity contribution is 5.76. The number of nitrogens with one attached hydrogen (secondary N) is 2. The van der Waals surface area contributed by atoms with Gasteiger partial charge in [0.05, 0.1) is 0 Å². The SMILES string of the molecule is CC(C)(C)CCNC(=O)CC1CCCCN1. The Labute approximate surface area is 99.4 Å². The Bertz CT molecular complexity index is 214. The van der Waals surface area contributed by atoms with Crippen molar-refractivity contribution in [2.75, 3.05) is 13.1 Å². The summed E-state index contributed by atoms with van der Waals surface area (Å²) in [7, 11) is 0. The second-order valence-corrected chi connectivity index (χ2v) is 6.01. The van der Waals surface area contributed by atoms with Crippen LogP contribution in [0, 0.1) is 5.41 Å². The summed E-state index contributed by atoms with van der Waals surface area (Å²) >= 11 is 0. The van der Waals surface area contributed by atoms with Gasteiger partial charge in [0.1, 0.15) is 0 Å². The maximum Gasteiger partial charge on any atom is 0.221 e. The molecule has 1 saturated heterocycles. The van der Waals surface area contributed by atoms with Gasteiger partial charge in [-0.2, -0.15) is 0 Å². The summed E-state index contributed by atoms with van der Waals surface area (Å²) in [5.41, 5.74) is 0.302. The molecule has 16 heavy (non-hydrogen) atoms. The van der Waals surface area contributed by atoms with E-state index in [9.17, 15) is 4.79 Å². The number of piperidine rings is 1. The van der Waals surface area contributed by atoms with Gasteiger partial charge in [0, 0.05) is 19.0 Å². The highest BCUT2D eigenvalue weighted by Crippen LogP contribution is 2.17. The minimum atomic E-state index is 0.198. The largest absolute Gasteiger partial charge is 0.356 e. The summed E-state index contributed by atoms with van der Waals surface area (Å²) in [6, 6.07) is 0.406.